The van der Waals surface area contributed by atoms with Crippen molar-refractivity contribution in [2.24, 2.45) is 5.92 Å². The molecule has 0 aromatic rings. The van der Waals surface area contributed by atoms with Crippen LogP contribution in [0.2, 0.25) is 0 Å². The third kappa shape index (κ3) is 4.63. The highest BCUT2D eigenvalue weighted by Gasteiger charge is 2.38. The van der Waals surface area contributed by atoms with Crippen molar-refractivity contribution >= 4 is 16.7 Å². The van der Waals surface area contributed by atoms with Gasteiger partial charge in [-0.15, -0.1) is 0 Å². The molecule has 0 spiro atoms. The Bertz CT molecular complexity index is 481. The van der Waals surface area contributed by atoms with Gasteiger partial charge in [0.05, 0.1) is 13.2 Å². The van der Waals surface area contributed by atoms with Gasteiger partial charge in [0.25, 0.3) is 16.7 Å². The first-order chi connectivity index (χ1) is 11.0. The molecule has 23 heavy (non-hydrogen) atoms. The van der Waals surface area contributed by atoms with Crippen LogP contribution in [0.4, 0.5) is 0 Å². The van der Waals surface area contributed by atoms with E-state index in [1.54, 1.807) is 8.61 Å². The second kappa shape index (κ2) is 8.39. The van der Waals surface area contributed by atoms with Gasteiger partial charge in [-0.1, -0.05) is 6.42 Å². The van der Waals surface area contributed by atoms with E-state index in [1.165, 1.54) is 6.42 Å². The van der Waals surface area contributed by atoms with Gasteiger partial charge in [0, 0.05) is 38.8 Å². The van der Waals surface area contributed by atoms with E-state index in [0.29, 0.717) is 51.4 Å². The van der Waals surface area contributed by atoms with Crippen molar-refractivity contribution in [3.63, 3.8) is 0 Å². The molecule has 0 radical (unpaired) electrons. The number of fused-ring (bicyclic) bond motifs is 3. The van der Waals surface area contributed by atoms with Gasteiger partial charge in [-0.2, -0.15) is 17.0 Å². The van der Waals surface area contributed by atoms with E-state index in [2.05, 4.69) is 11.9 Å². The zero-order chi connectivity index (χ0) is 16.9. The summed E-state index contributed by atoms with van der Waals surface area (Å²) >= 11 is 0. The van der Waals surface area contributed by atoms with Crippen molar-refractivity contribution in [1.82, 2.24) is 13.5 Å². The van der Waals surface area contributed by atoms with Crippen molar-refractivity contribution in [2.45, 2.75) is 25.3 Å². The number of carbonyl (C=O) groups is 1. The third-order valence-corrected chi connectivity index (χ3v) is 6.79. The molecule has 8 nitrogen and oxygen atoms in total. The minimum absolute atomic E-state index is 0.250. The molecular formula is C14H27N3O5S. The van der Waals surface area contributed by atoms with E-state index in [1.807, 2.05) is 0 Å². The largest absolute Gasteiger partial charge is 0.483 e. The monoisotopic (exact) mass is 349 g/mol. The van der Waals surface area contributed by atoms with Crippen molar-refractivity contribution < 1.29 is 23.1 Å². The molecule has 3 heterocycles. The van der Waals surface area contributed by atoms with Crippen LogP contribution in [0.5, 0.6) is 0 Å². The highest BCUT2D eigenvalue weighted by atomic mass is 32.2. The lowest BCUT2D eigenvalue weighted by atomic mass is 10.0. The van der Waals surface area contributed by atoms with E-state index in [0.717, 1.165) is 19.4 Å². The Hall–Kier alpha value is -0.740. The number of likely N-dealkylation sites (N-methyl/N-ethyl adjacent to an activating group) is 1. The Kier molecular flexibility index (Phi) is 6.78. The topological polar surface area (TPSA) is 90.4 Å². The van der Waals surface area contributed by atoms with Gasteiger partial charge in [0.15, 0.2) is 0 Å². The first-order valence-corrected chi connectivity index (χ1v) is 9.49. The summed E-state index contributed by atoms with van der Waals surface area (Å²) < 4.78 is 34.2. The van der Waals surface area contributed by atoms with E-state index in [-0.39, 0.29) is 6.47 Å². The number of morpholine rings is 1. The maximum Gasteiger partial charge on any atom is 0.290 e. The number of hydrogen-bond acceptors (Lipinski definition) is 5. The smallest absolute Gasteiger partial charge is 0.290 e. The summed E-state index contributed by atoms with van der Waals surface area (Å²) in [6.45, 7) is 4.11. The number of nitrogens with zero attached hydrogens (tertiary/aromatic N) is 3. The average molecular weight is 349 g/mol. The summed E-state index contributed by atoms with van der Waals surface area (Å²) in [7, 11) is -1.18. The van der Waals surface area contributed by atoms with Crippen molar-refractivity contribution in [2.75, 3.05) is 53.0 Å². The maximum absolute atomic E-state index is 12.8. The van der Waals surface area contributed by atoms with Crippen LogP contribution >= 0.6 is 0 Å². The van der Waals surface area contributed by atoms with Crippen LogP contribution in [0.3, 0.4) is 0 Å². The van der Waals surface area contributed by atoms with E-state index in [9.17, 15) is 8.42 Å². The van der Waals surface area contributed by atoms with Crippen LogP contribution in [0.25, 0.3) is 0 Å². The lowest BCUT2D eigenvalue weighted by Crippen LogP contribution is -2.51. The molecule has 0 amide bonds. The molecule has 2 atom stereocenters. The number of rotatable bonds is 2. The number of carboxylic acid groups (broad SMARTS) is 1. The summed E-state index contributed by atoms with van der Waals surface area (Å²) in [5.74, 6) is 0.475. The predicted octanol–water partition coefficient (Wildman–Crippen LogP) is -0.320. The zero-order valence-corrected chi connectivity index (χ0v) is 14.4. The quantitative estimate of drug-likeness (QED) is 0.687. The minimum Gasteiger partial charge on any atom is -0.483 e. The standard InChI is InChI=1S/C13H25N3O3S.CH2O2/c1-14-9-12-3-2-4-13(14)11-16(10-12)20(17,18)15-5-7-19-8-6-15;2-1-3/h12-13H,2-11H2,1H3;1H,(H,2,3)/t12-,13-;/m0./s1. The van der Waals surface area contributed by atoms with Crippen LogP contribution in [0.15, 0.2) is 0 Å². The zero-order valence-electron chi connectivity index (χ0n) is 13.6. The summed E-state index contributed by atoms with van der Waals surface area (Å²) in [6.07, 6.45) is 3.49. The van der Waals surface area contributed by atoms with Gasteiger partial charge in [-0.05, 0) is 25.8 Å². The van der Waals surface area contributed by atoms with Crippen LogP contribution < -0.4 is 0 Å². The predicted molar refractivity (Wildman–Crippen MR) is 85.3 cm³/mol. The van der Waals surface area contributed by atoms with Crippen LogP contribution in [0.1, 0.15) is 19.3 Å². The fourth-order valence-corrected chi connectivity index (χ4v) is 5.31. The normalized spacial score (nSPS) is 30.8. The SMILES string of the molecule is CN1C[C@@H]2CCC[C@H]1CN(S(=O)(=O)N1CCOCC1)C2.O=CO. The Labute approximate surface area is 138 Å². The molecule has 0 unspecified atom stereocenters. The van der Waals surface area contributed by atoms with Crippen molar-refractivity contribution in [3.05, 3.63) is 0 Å². The van der Waals surface area contributed by atoms with E-state index >= 15 is 0 Å². The molecule has 3 fully saturated rings. The summed E-state index contributed by atoms with van der Waals surface area (Å²) in [6, 6.07) is 0.373. The highest BCUT2D eigenvalue weighted by molar-refractivity contribution is 7.86. The third-order valence-electron chi connectivity index (χ3n) is 4.82. The highest BCUT2D eigenvalue weighted by Crippen LogP contribution is 2.28. The summed E-state index contributed by atoms with van der Waals surface area (Å²) in [5.41, 5.74) is 0. The van der Waals surface area contributed by atoms with Crippen molar-refractivity contribution in [3.8, 4) is 0 Å². The minimum atomic E-state index is -3.31. The second-order valence-corrected chi connectivity index (χ2v) is 8.26. The lowest BCUT2D eigenvalue weighted by Gasteiger charge is -2.34. The lowest BCUT2D eigenvalue weighted by molar-refractivity contribution is -0.122. The van der Waals surface area contributed by atoms with Gasteiger partial charge in [0.1, 0.15) is 0 Å². The maximum atomic E-state index is 12.8. The molecule has 1 N–H and O–H groups in total. The molecule has 3 saturated heterocycles. The molecule has 0 aromatic carbocycles. The molecule has 0 aliphatic carbocycles. The Morgan fingerprint density at radius 2 is 1.74 bits per heavy atom. The molecule has 3 aliphatic heterocycles. The molecular weight excluding hydrogens is 322 g/mol. The Morgan fingerprint density at radius 3 is 2.39 bits per heavy atom. The van der Waals surface area contributed by atoms with E-state index in [4.69, 9.17) is 14.6 Å². The fraction of sp³-hybridized carbons (Fsp3) is 0.929. The first-order valence-electron chi connectivity index (χ1n) is 8.10. The molecule has 134 valence electrons. The van der Waals surface area contributed by atoms with Crippen LogP contribution in [-0.2, 0) is 19.7 Å². The summed E-state index contributed by atoms with van der Waals surface area (Å²) in [4.78, 5) is 10.7. The molecule has 0 saturated carbocycles. The fourth-order valence-electron chi connectivity index (χ4n) is 3.62. The Morgan fingerprint density at radius 1 is 1.09 bits per heavy atom. The van der Waals surface area contributed by atoms with Gasteiger partial charge in [-0.3, -0.25) is 4.79 Å². The van der Waals surface area contributed by atoms with E-state index < -0.39 is 10.2 Å². The second-order valence-electron chi connectivity index (χ2n) is 6.33. The first kappa shape index (κ1) is 18.6. The molecule has 9 heteroatoms. The average Bonchev–Trinajstić information content (AvgIpc) is 2.77. The summed E-state index contributed by atoms with van der Waals surface area (Å²) in [5, 5.41) is 6.89. The van der Waals surface area contributed by atoms with Crippen molar-refractivity contribution in [1.29, 1.82) is 0 Å². The van der Waals surface area contributed by atoms with Gasteiger partial charge in [-0.25, -0.2) is 0 Å². The van der Waals surface area contributed by atoms with Gasteiger partial charge in [0.2, 0.25) is 0 Å². The molecule has 0 aromatic heterocycles. The molecule has 3 aliphatic rings. The Balaban J connectivity index is 0.000000595. The number of hydrogen-bond donors (Lipinski definition) is 1. The van der Waals surface area contributed by atoms with Gasteiger partial charge < -0.3 is 14.7 Å². The molecule has 3 rings (SSSR count). The van der Waals surface area contributed by atoms with Gasteiger partial charge >= 0.3 is 0 Å². The van der Waals surface area contributed by atoms with Crippen LogP contribution in [-0.4, -0.2) is 92.5 Å². The van der Waals surface area contributed by atoms with Crippen LogP contribution in [0, 0.1) is 5.92 Å². The molecule has 2 bridgehead atoms. The number of ether oxygens (including phenoxy) is 1.